The highest BCUT2D eigenvalue weighted by atomic mass is 35.5. The van der Waals surface area contributed by atoms with Gasteiger partial charge in [0.2, 0.25) is 0 Å². The van der Waals surface area contributed by atoms with Gasteiger partial charge in [-0.05, 0) is 32.3 Å². The van der Waals surface area contributed by atoms with Crippen LogP contribution in [0.15, 0.2) is 24.3 Å². The molecule has 0 N–H and O–H groups in total. The molecule has 1 aromatic carbocycles. The molecule has 0 saturated carbocycles. The Morgan fingerprint density at radius 1 is 1.19 bits per heavy atom. The Balaban J connectivity index is 2.30. The minimum atomic E-state index is 0.261. The van der Waals surface area contributed by atoms with Crippen molar-refractivity contribution >= 4 is 23.2 Å². The summed E-state index contributed by atoms with van der Waals surface area (Å²) < 4.78 is 2.01. The van der Waals surface area contributed by atoms with Gasteiger partial charge in [-0.3, -0.25) is 4.68 Å². The van der Waals surface area contributed by atoms with Crippen LogP contribution in [-0.2, 0) is 19.4 Å². The van der Waals surface area contributed by atoms with E-state index in [1.165, 1.54) is 11.1 Å². The van der Waals surface area contributed by atoms with Gasteiger partial charge in [0.15, 0.2) is 0 Å². The normalized spacial score (nSPS) is 12.6. The van der Waals surface area contributed by atoms with E-state index in [1.807, 2.05) is 4.68 Å². The van der Waals surface area contributed by atoms with E-state index in [1.54, 1.807) is 0 Å². The summed E-state index contributed by atoms with van der Waals surface area (Å²) in [4.78, 5) is 0. The highest BCUT2D eigenvalue weighted by molar-refractivity contribution is 6.31. The number of aryl methyl sites for hydroxylation is 3. The Morgan fingerprint density at radius 3 is 2.38 bits per heavy atom. The van der Waals surface area contributed by atoms with Crippen molar-refractivity contribution in [1.29, 1.82) is 0 Å². The first-order valence-corrected chi connectivity index (χ1v) is 8.38. The van der Waals surface area contributed by atoms with Crippen LogP contribution in [0.4, 0.5) is 0 Å². The van der Waals surface area contributed by atoms with Crippen molar-refractivity contribution in [3.05, 3.63) is 51.8 Å². The van der Waals surface area contributed by atoms with E-state index in [-0.39, 0.29) is 5.92 Å². The zero-order chi connectivity index (χ0) is 15.4. The summed E-state index contributed by atoms with van der Waals surface area (Å²) in [5.74, 6) is 0.840. The van der Waals surface area contributed by atoms with E-state index in [4.69, 9.17) is 23.2 Å². The quantitative estimate of drug-likeness (QED) is 0.684. The van der Waals surface area contributed by atoms with Crippen molar-refractivity contribution in [2.75, 3.05) is 5.88 Å². The largest absolute Gasteiger partial charge is 0.268 e. The Hall–Kier alpha value is -0.990. The molecule has 114 valence electrons. The van der Waals surface area contributed by atoms with E-state index in [0.29, 0.717) is 5.88 Å². The van der Waals surface area contributed by atoms with Gasteiger partial charge in [-0.25, -0.2) is 0 Å². The lowest BCUT2D eigenvalue weighted by Crippen LogP contribution is -2.10. The number of hydrogen-bond acceptors (Lipinski definition) is 1. The summed E-state index contributed by atoms with van der Waals surface area (Å²) in [5, 5.41) is 5.39. The molecule has 1 unspecified atom stereocenters. The number of benzene rings is 1. The summed E-state index contributed by atoms with van der Waals surface area (Å²) >= 11 is 12.7. The highest BCUT2D eigenvalue weighted by Crippen LogP contribution is 2.29. The van der Waals surface area contributed by atoms with Crippen LogP contribution in [0.3, 0.4) is 0 Å². The minimum Gasteiger partial charge on any atom is -0.268 e. The average Bonchev–Trinajstić information content (AvgIpc) is 2.81. The lowest BCUT2D eigenvalue weighted by Gasteiger charge is -2.16. The second kappa shape index (κ2) is 7.33. The molecule has 0 aliphatic carbocycles. The second-order valence-corrected chi connectivity index (χ2v) is 6.03. The molecule has 2 aromatic rings. The maximum absolute atomic E-state index is 6.50. The number of aromatic nitrogens is 2. The molecule has 0 aliphatic rings. The van der Waals surface area contributed by atoms with Gasteiger partial charge in [-0.15, -0.1) is 11.6 Å². The predicted molar refractivity (Wildman–Crippen MR) is 90.6 cm³/mol. The van der Waals surface area contributed by atoms with Gasteiger partial charge in [-0.2, -0.15) is 5.10 Å². The fourth-order valence-corrected chi connectivity index (χ4v) is 3.18. The molecular formula is C17H22Cl2N2. The molecule has 0 radical (unpaired) electrons. The van der Waals surface area contributed by atoms with Crippen LogP contribution in [0.1, 0.15) is 42.3 Å². The molecule has 4 heteroatoms. The standard InChI is InChI=1S/C17H22Cl2N2/c1-4-15-17(19)16(21(5-2)20-15)10-14(11-18)13-8-6-12(3)7-9-13/h6-9,14H,4-5,10-11H2,1-3H3. The first-order valence-electron chi connectivity index (χ1n) is 7.47. The molecular weight excluding hydrogens is 303 g/mol. The summed E-state index contributed by atoms with van der Waals surface area (Å²) in [7, 11) is 0. The monoisotopic (exact) mass is 324 g/mol. The van der Waals surface area contributed by atoms with Crippen molar-refractivity contribution < 1.29 is 0 Å². The summed E-state index contributed by atoms with van der Waals surface area (Å²) in [5.41, 5.74) is 4.60. The Bertz CT molecular complexity index is 588. The van der Waals surface area contributed by atoms with Crippen molar-refractivity contribution in [2.45, 2.75) is 46.1 Å². The molecule has 21 heavy (non-hydrogen) atoms. The van der Waals surface area contributed by atoms with E-state index < -0.39 is 0 Å². The molecule has 1 heterocycles. The lowest BCUT2D eigenvalue weighted by atomic mass is 9.95. The van der Waals surface area contributed by atoms with Gasteiger partial charge in [0.1, 0.15) is 0 Å². The zero-order valence-corrected chi connectivity index (χ0v) is 14.4. The maximum Gasteiger partial charge on any atom is 0.0850 e. The van der Waals surface area contributed by atoms with E-state index in [2.05, 4.69) is 50.1 Å². The third-order valence-corrected chi connectivity index (χ3v) is 4.68. The molecule has 0 bridgehead atoms. The van der Waals surface area contributed by atoms with E-state index in [9.17, 15) is 0 Å². The number of halogens is 2. The second-order valence-electron chi connectivity index (χ2n) is 5.34. The zero-order valence-electron chi connectivity index (χ0n) is 12.9. The maximum atomic E-state index is 6.50. The van der Waals surface area contributed by atoms with Crippen LogP contribution in [0.2, 0.25) is 5.02 Å². The van der Waals surface area contributed by atoms with Gasteiger partial charge in [-0.1, -0.05) is 48.4 Å². The summed E-state index contributed by atoms with van der Waals surface area (Å²) in [6.45, 7) is 7.10. The Labute approximate surface area is 137 Å². The smallest absolute Gasteiger partial charge is 0.0850 e. The van der Waals surface area contributed by atoms with Crippen LogP contribution in [-0.4, -0.2) is 15.7 Å². The van der Waals surface area contributed by atoms with Gasteiger partial charge in [0.25, 0.3) is 0 Å². The van der Waals surface area contributed by atoms with Crippen LogP contribution in [0.5, 0.6) is 0 Å². The fraction of sp³-hybridized carbons (Fsp3) is 0.471. The van der Waals surface area contributed by atoms with Crippen molar-refractivity contribution in [3.8, 4) is 0 Å². The summed E-state index contributed by atoms with van der Waals surface area (Å²) in [6, 6.07) is 8.57. The predicted octanol–water partition coefficient (Wildman–Crippen LogP) is 4.99. The number of hydrogen-bond donors (Lipinski definition) is 0. The van der Waals surface area contributed by atoms with E-state index in [0.717, 1.165) is 35.8 Å². The fourth-order valence-electron chi connectivity index (χ4n) is 2.55. The minimum absolute atomic E-state index is 0.261. The van der Waals surface area contributed by atoms with Crippen LogP contribution >= 0.6 is 23.2 Å². The Morgan fingerprint density at radius 2 is 1.86 bits per heavy atom. The molecule has 0 fully saturated rings. The number of alkyl halides is 1. The van der Waals surface area contributed by atoms with Gasteiger partial charge < -0.3 is 0 Å². The third kappa shape index (κ3) is 3.61. The first kappa shape index (κ1) is 16.4. The molecule has 0 amide bonds. The Kier molecular flexibility index (Phi) is 5.72. The van der Waals surface area contributed by atoms with Crippen molar-refractivity contribution in [2.24, 2.45) is 0 Å². The summed E-state index contributed by atoms with van der Waals surface area (Å²) in [6.07, 6.45) is 1.68. The molecule has 0 saturated heterocycles. The third-order valence-electron chi connectivity index (χ3n) is 3.87. The van der Waals surface area contributed by atoms with Crippen LogP contribution in [0, 0.1) is 6.92 Å². The van der Waals surface area contributed by atoms with Crippen molar-refractivity contribution in [1.82, 2.24) is 9.78 Å². The molecule has 0 aliphatic heterocycles. The molecule has 1 atom stereocenters. The number of nitrogens with zero attached hydrogens (tertiary/aromatic N) is 2. The molecule has 0 spiro atoms. The lowest BCUT2D eigenvalue weighted by molar-refractivity contribution is 0.593. The average molecular weight is 325 g/mol. The van der Waals surface area contributed by atoms with E-state index >= 15 is 0 Å². The highest BCUT2D eigenvalue weighted by Gasteiger charge is 2.19. The van der Waals surface area contributed by atoms with Crippen LogP contribution < -0.4 is 0 Å². The molecule has 2 rings (SSSR count). The van der Waals surface area contributed by atoms with Gasteiger partial charge in [0.05, 0.1) is 16.4 Å². The molecule has 2 nitrogen and oxygen atoms in total. The van der Waals surface area contributed by atoms with Gasteiger partial charge in [0, 0.05) is 18.3 Å². The van der Waals surface area contributed by atoms with Crippen LogP contribution in [0.25, 0.3) is 0 Å². The van der Waals surface area contributed by atoms with Gasteiger partial charge >= 0.3 is 0 Å². The van der Waals surface area contributed by atoms with Crippen molar-refractivity contribution in [3.63, 3.8) is 0 Å². The first-order chi connectivity index (χ1) is 10.1. The molecule has 1 aromatic heterocycles. The SMILES string of the molecule is CCc1nn(CC)c(CC(CCl)c2ccc(C)cc2)c1Cl. The number of rotatable bonds is 6. The topological polar surface area (TPSA) is 17.8 Å².